The summed E-state index contributed by atoms with van der Waals surface area (Å²) in [6.45, 7) is 17.6. The third kappa shape index (κ3) is 5.78. The Bertz CT molecular complexity index is 1090. The molecule has 1 N–H and O–H groups in total. The fraction of sp³-hybridized carbons (Fsp3) is 0.667. The molecule has 2 aliphatic heterocycles. The van der Waals surface area contributed by atoms with E-state index in [0.717, 1.165) is 57.5 Å². The molecule has 1 aromatic heterocycles. The minimum absolute atomic E-state index is 0.185. The molecule has 0 spiro atoms. The third-order valence-electron chi connectivity index (χ3n) is 9.01. The zero-order chi connectivity index (χ0) is 26.9. The molecular weight excluding hydrogens is 467 g/mol. The molecule has 0 saturated carbocycles. The molecule has 3 heterocycles. The number of benzene rings is 1. The van der Waals surface area contributed by atoms with Crippen molar-refractivity contribution in [3.63, 3.8) is 0 Å². The van der Waals surface area contributed by atoms with Crippen molar-refractivity contribution in [1.29, 1.82) is 0 Å². The zero-order valence-corrected chi connectivity index (χ0v) is 23.5. The lowest BCUT2D eigenvalue weighted by atomic mass is 9.82. The Kier molecular flexibility index (Phi) is 8.44. The monoisotopic (exact) mass is 512 g/mol. The van der Waals surface area contributed by atoms with E-state index in [1.165, 1.54) is 23.0 Å². The number of nitrogens with zero attached hydrogens (tertiary/aromatic N) is 4. The van der Waals surface area contributed by atoms with E-state index in [0.29, 0.717) is 24.4 Å². The number of rotatable bonds is 9. The average Bonchev–Trinajstić information content (AvgIpc) is 3.43. The highest BCUT2D eigenvalue weighted by atomic mass is 19.1. The molecule has 37 heavy (non-hydrogen) atoms. The van der Waals surface area contributed by atoms with Gasteiger partial charge in [0.1, 0.15) is 5.82 Å². The van der Waals surface area contributed by atoms with Crippen LogP contribution in [0.1, 0.15) is 81.8 Å². The van der Waals surface area contributed by atoms with E-state index >= 15 is 0 Å². The second-order valence-corrected chi connectivity index (χ2v) is 11.9. The Balaban J connectivity index is 1.50. The number of aryl methyl sites for hydroxylation is 2. The first-order valence-electron chi connectivity index (χ1n) is 14.1. The second kappa shape index (κ2) is 11.2. The SMILES string of the molecule is CCc1nn(CC)c(C)c1C1CCN([C@H](C)[C@H]2CN(CC(C)(C)C(=O)O)C[C@@H]2c2cccc(F)c2)CC1. The van der Waals surface area contributed by atoms with Crippen molar-refractivity contribution < 1.29 is 14.3 Å². The number of halogens is 1. The summed E-state index contributed by atoms with van der Waals surface area (Å²) in [5.74, 6) is 0.0721. The van der Waals surface area contributed by atoms with Gasteiger partial charge in [0.05, 0.1) is 11.1 Å². The number of hydrogen-bond donors (Lipinski definition) is 1. The van der Waals surface area contributed by atoms with E-state index in [2.05, 4.69) is 42.2 Å². The van der Waals surface area contributed by atoms with Gasteiger partial charge in [-0.05, 0) is 102 Å². The van der Waals surface area contributed by atoms with Crippen LogP contribution in [0.4, 0.5) is 4.39 Å². The predicted molar refractivity (Wildman–Crippen MR) is 146 cm³/mol. The molecule has 204 valence electrons. The quantitative estimate of drug-likeness (QED) is 0.494. The van der Waals surface area contributed by atoms with Crippen LogP contribution >= 0.6 is 0 Å². The predicted octanol–water partition coefficient (Wildman–Crippen LogP) is 5.31. The summed E-state index contributed by atoms with van der Waals surface area (Å²) in [5, 5.41) is 14.6. The van der Waals surface area contributed by atoms with Gasteiger partial charge in [-0.1, -0.05) is 19.1 Å². The van der Waals surface area contributed by atoms with Gasteiger partial charge in [-0.2, -0.15) is 5.10 Å². The van der Waals surface area contributed by atoms with Crippen LogP contribution in [0.15, 0.2) is 24.3 Å². The molecule has 4 rings (SSSR count). The van der Waals surface area contributed by atoms with Crippen molar-refractivity contribution in [2.45, 2.75) is 85.2 Å². The molecule has 0 aliphatic carbocycles. The van der Waals surface area contributed by atoms with Crippen molar-refractivity contribution in [2.24, 2.45) is 11.3 Å². The largest absolute Gasteiger partial charge is 0.481 e. The van der Waals surface area contributed by atoms with Crippen LogP contribution in [0.3, 0.4) is 0 Å². The number of carboxylic acids is 1. The first-order valence-corrected chi connectivity index (χ1v) is 14.1. The van der Waals surface area contributed by atoms with Gasteiger partial charge >= 0.3 is 5.97 Å². The van der Waals surface area contributed by atoms with Crippen molar-refractivity contribution >= 4 is 5.97 Å². The number of carboxylic acid groups (broad SMARTS) is 1. The Morgan fingerprint density at radius 1 is 1.22 bits per heavy atom. The summed E-state index contributed by atoms with van der Waals surface area (Å²) in [6, 6.07) is 7.33. The first-order chi connectivity index (χ1) is 17.6. The van der Waals surface area contributed by atoms with Gasteiger partial charge in [-0.25, -0.2) is 4.39 Å². The van der Waals surface area contributed by atoms with Gasteiger partial charge in [0.25, 0.3) is 0 Å². The van der Waals surface area contributed by atoms with Crippen molar-refractivity contribution in [2.75, 3.05) is 32.7 Å². The molecule has 0 radical (unpaired) electrons. The van der Waals surface area contributed by atoms with Gasteiger partial charge in [0.2, 0.25) is 0 Å². The van der Waals surface area contributed by atoms with Crippen molar-refractivity contribution in [3.8, 4) is 0 Å². The van der Waals surface area contributed by atoms with E-state index in [-0.39, 0.29) is 11.7 Å². The van der Waals surface area contributed by atoms with E-state index in [9.17, 15) is 14.3 Å². The lowest BCUT2D eigenvalue weighted by molar-refractivity contribution is -0.147. The molecule has 2 saturated heterocycles. The Hall–Kier alpha value is -2.25. The summed E-state index contributed by atoms with van der Waals surface area (Å²) >= 11 is 0. The maximum Gasteiger partial charge on any atom is 0.310 e. The normalized spacial score (nSPS) is 23.0. The first kappa shape index (κ1) is 27.8. The van der Waals surface area contributed by atoms with E-state index in [1.807, 2.05) is 6.07 Å². The third-order valence-corrected chi connectivity index (χ3v) is 9.01. The topological polar surface area (TPSA) is 61.6 Å². The van der Waals surface area contributed by atoms with Gasteiger partial charge in [0.15, 0.2) is 0 Å². The maximum absolute atomic E-state index is 14.2. The van der Waals surface area contributed by atoms with Crippen LogP contribution in [-0.4, -0.2) is 69.4 Å². The zero-order valence-electron chi connectivity index (χ0n) is 23.5. The van der Waals surface area contributed by atoms with Gasteiger partial charge in [0, 0.05) is 43.8 Å². The molecule has 6 nitrogen and oxygen atoms in total. The molecule has 0 unspecified atom stereocenters. The summed E-state index contributed by atoms with van der Waals surface area (Å²) in [6.07, 6.45) is 3.22. The molecule has 0 bridgehead atoms. The molecule has 3 atom stereocenters. The highest BCUT2D eigenvalue weighted by Crippen LogP contribution is 2.40. The van der Waals surface area contributed by atoms with Crippen LogP contribution in [0.5, 0.6) is 0 Å². The molecular formula is C30H45FN4O2. The highest BCUT2D eigenvalue weighted by Gasteiger charge is 2.42. The van der Waals surface area contributed by atoms with E-state index < -0.39 is 11.4 Å². The lowest BCUT2D eigenvalue weighted by Gasteiger charge is -2.40. The van der Waals surface area contributed by atoms with Gasteiger partial charge in [-0.15, -0.1) is 0 Å². The molecule has 0 amide bonds. The highest BCUT2D eigenvalue weighted by molar-refractivity contribution is 5.73. The van der Waals surface area contributed by atoms with Crippen LogP contribution in [-0.2, 0) is 17.8 Å². The second-order valence-electron chi connectivity index (χ2n) is 11.9. The van der Waals surface area contributed by atoms with Crippen molar-refractivity contribution in [1.82, 2.24) is 19.6 Å². The number of hydrogen-bond acceptors (Lipinski definition) is 4. The van der Waals surface area contributed by atoms with E-state index in [4.69, 9.17) is 5.10 Å². The summed E-state index contributed by atoms with van der Waals surface area (Å²) in [5.41, 5.74) is 4.25. The van der Waals surface area contributed by atoms with Crippen LogP contribution in [0.2, 0.25) is 0 Å². The van der Waals surface area contributed by atoms with Crippen LogP contribution in [0.25, 0.3) is 0 Å². The number of carbonyl (C=O) groups is 1. The number of likely N-dealkylation sites (tertiary alicyclic amines) is 2. The Morgan fingerprint density at radius 2 is 1.92 bits per heavy atom. The van der Waals surface area contributed by atoms with Crippen LogP contribution < -0.4 is 0 Å². The Morgan fingerprint density at radius 3 is 2.51 bits per heavy atom. The maximum atomic E-state index is 14.2. The minimum Gasteiger partial charge on any atom is -0.481 e. The van der Waals surface area contributed by atoms with E-state index in [1.54, 1.807) is 26.0 Å². The standard InChI is InChI=1S/C30H45FN4O2/c1-7-27-28(21(4)35(8-2)32-27)22-12-14-34(15-13-22)20(3)25-17-33(19-30(5,6)29(36)37)18-26(25)23-10-9-11-24(31)16-23/h9-11,16,20,22,25-26H,7-8,12-15,17-19H2,1-6H3,(H,36,37)/t20-,25-,26-/m1/s1. The fourth-order valence-corrected chi connectivity index (χ4v) is 6.84. The molecule has 1 aromatic carbocycles. The van der Waals surface area contributed by atoms with Crippen LogP contribution in [0, 0.1) is 24.1 Å². The van der Waals surface area contributed by atoms with Crippen molar-refractivity contribution in [3.05, 3.63) is 52.6 Å². The molecule has 2 fully saturated rings. The summed E-state index contributed by atoms with van der Waals surface area (Å²) in [7, 11) is 0. The van der Waals surface area contributed by atoms with Gasteiger partial charge in [-0.3, -0.25) is 9.48 Å². The number of aliphatic carboxylic acids is 1. The number of aromatic nitrogens is 2. The Labute approximate surface area is 221 Å². The smallest absolute Gasteiger partial charge is 0.310 e. The molecule has 2 aliphatic rings. The summed E-state index contributed by atoms with van der Waals surface area (Å²) < 4.78 is 16.3. The summed E-state index contributed by atoms with van der Waals surface area (Å²) in [4.78, 5) is 16.7. The minimum atomic E-state index is -0.819. The van der Waals surface area contributed by atoms with Gasteiger partial charge < -0.3 is 14.9 Å². The molecule has 2 aromatic rings. The average molecular weight is 513 g/mol. The lowest BCUT2D eigenvalue weighted by Crippen LogP contribution is -2.45. The number of piperidine rings is 1. The fourth-order valence-electron chi connectivity index (χ4n) is 6.84. The molecule has 7 heteroatoms.